The number of carbonyl (C=O) groups excluding carboxylic acids is 1. The Bertz CT molecular complexity index is 613. The molecule has 0 radical (unpaired) electrons. The fourth-order valence-corrected chi connectivity index (χ4v) is 2.35. The second-order valence-corrected chi connectivity index (χ2v) is 5.06. The normalized spacial score (nSPS) is 10.2. The minimum Gasteiger partial charge on any atom is -0.496 e. The average molecular weight is 304 g/mol. The molecule has 0 aliphatic carbocycles. The summed E-state index contributed by atoms with van der Waals surface area (Å²) >= 11 is 5.99. The predicted molar refractivity (Wildman–Crippen MR) is 85.1 cm³/mol. The summed E-state index contributed by atoms with van der Waals surface area (Å²) < 4.78 is 5.30. The van der Waals surface area contributed by atoms with Gasteiger partial charge in [0, 0.05) is 6.54 Å². The maximum absolute atomic E-state index is 12.0. The molecule has 0 aromatic heterocycles. The lowest BCUT2D eigenvalue weighted by atomic mass is 10.1. The lowest BCUT2D eigenvalue weighted by Gasteiger charge is -2.09. The van der Waals surface area contributed by atoms with Crippen LogP contribution < -0.4 is 10.1 Å². The molecule has 2 rings (SSSR count). The van der Waals surface area contributed by atoms with Crippen LogP contribution in [0.2, 0.25) is 5.02 Å². The number of carbonyl (C=O) groups is 1. The van der Waals surface area contributed by atoms with Crippen LogP contribution in [-0.2, 0) is 6.42 Å². The Kier molecular flexibility index (Phi) is 5.64. The summed E-state index contributed by atoms with van der Waals surface area (Å²) in [6.45, 7) is 0.599. The average Bonchev–Trinajstić information content (AvgIpc) is 2.52. The van der Waals surface area contributed by atoms with Gasteiger partial charge in [-0.3, -0.25) is 4.79 Å². The van der Waals surface area contributed by atoms with E-state index in [0.717, 1.165) is 24.2 Å². The molecule has 110 valence electrons. The van der Waals surface area contributed by atoms with E-state index in [1.54, 1.807) is 31.4 Å². The topological polar surface area (TPSA) is 38.3 Å². The zero-order chi connectivity index (χ0) is 15.1. The molecule has 0 aliphatic rings. The van der Waals surface area contributed by atoms with Crippen LogP contribution in [0.3, 0.4) is 0 Å². The van der Waals surface area contributed by atoms with Gasteiger partial charge in [-0.2, -0.15) is 0 Å². The standard InChI is InChI=1S/C17H18ClNO2/c1-21-16-11-5-2-7-13(16)8-6-12-19-17(20)14-9-3-4-10-15(14)18/h2-5,7,9-11H,6,8,12H2,1H3,(H,19,20). The molecule has 0 bridgehead atoms. The van der Waals surface area contributed by atoms with Crippen molar-refractivity contribution in [3.63, 3.8) is 0 Å². The van der Waals surface area contributed by atoms with Crippen LogP contribution in [0.1, 0.15) is 22.3 Å². The first kappa shape index (κ1) is 15.4. The van der Waals surface area contributed by atoms with Crippen LogP contribution in [0.15, 0.2) is 48.5 Å². The summed E-state index contributed by atoms with van der Waals surface area (Å²) in [4.78, 5) is 12.0. The van der Waals surface area contributed by atoms with E-state index in [1.807, 2.05) is 24.3 Å². The van der Waals surface area contributed by atoms with Crippen LogP contribution in [0, 0.1) is 0 Å². The highest BCUT2D eigenvalue weighted by molar-refractivity contribution is 6.33. The molecule has 2 aromatic rings. The van der Waals surface area contributed by atoms with Crippen molar-refractivity contribution in [1.82, 2.24) is 5.32 Å². The quantitative estimate of drug-likeness (QED) is 0.826. The molecule has 0 spiro atoms. The van der Waals surface area contributed by atoms with Gasteiger partial charge in [0.25, 0.3) is 5.91 Å². The van der Waals surface area contributed by atoms with E-state index >= 15 is 0 Å². The summed E-state index contributed by atoms with van der Waals surface area (Å²) in [7, 11) is 1.66. The summed E-state index contributed by atoms with van der Waals surface area (Å²) in [6, 6.07) is 15.0. The number of rotatable bonds is 6. The van der Waals surface area contributed by atoms with Gasteiger partial charge in [0.2, 0.25) is 0 Å². The first-order valence-corrected chi connectivity index (χ1v) is 7.25. The molecular weight excluding hydrogens is 286 g/mol. The third-order valence-corrected chi connectivity index (χ3v) is 3.55. The molecule has 0 saturated heterocycles. The zero-order valence-corrected chi connectivity index (χ0v) is 12.7. The van der Waals surface area contributed by atoms with E-state index in [2.05, 4.69) is 5.32 Å². The third kappa shape index (κ3) is 4.23. The lowest BCUT2D eigenvalue weighted by Crippen LogP contribution is -2.25. The van der Waals surface area contributed by atoms with Crippen molar-refractivity contribution in [2.75, 3.05) is 13.7 Å². The van der Waals surface area contributed by atoms with E-state index < -0.39 is 0 Å². The molecule has 4 heteroatoms. The van der Waals surface area contributed by atoms with Gasteiger partial charge >= 0.3 is 0 Å². The molecule has 0 atom stereocenters. The first-order chi connectivity index (χ1) is 10.2. The minimum atomic E-state index is -0.138. The van der Waals surface area contributed by atoms with Crippen LogP contribution in [-0.4, -0.2) is 19.6 Å². The van der Waals surface area contributed by atoms with Crippen molar-refractivity contribution in [3.8, 4) is 5.75 Å². The van der Waals surface area contributed by atoms with Gasteiger partial charge in [0.15, 0.2) is 0 Å². The second-order valence-electron chi connectivity index (χ2n) is 4.65. The molecule has 0 unspecified atom stereocenters. The number of ether oxygens (including phenoxy) is 1. The molecule has 2 aromatic carbocycles. The molecule has 3 nitrogen and oxygen atoms in total. The largest absolute Gasteiger partial charge is 0.496 e. The highest BCUT2D eigenvalue weighted by atomic mass is 35.5. The summed E-state index contributed by atoms with van der Waals surface area (Å²) in [5.74, 6) is 0.746. The molecule has 0 aliphatic heterocycles. The number of nitrogens with one attached hydrogen (secondary N) is 1. The molecule has 1 N–H and O–H groups in total. The van der Waals surface area contributed by atoms with E-state index in [9.17, 15) is 4.79 Å². The molecule has 0 fully saturated rings. The maximum Gasteiger partial charge on any atom is 0.252 e. The van der Waals surface area contributed by atoms with E-state index in [1.165, 1.54) is 0 Å². The van der Waals surface area contributed by atoms with Crippen molar-refractivity contribution in [2.24, 2.45) is 0 Å². The molecular formula is C17H18ClNO2. The first-order valence-electron chi connectivity index (χ1n) is 6.87. The second kappa shape index (κ2) is 7.70. The number of methoxy groups -OCH3 is 1. The Morgan fingerprint density at radius 2 is 1.86 bits per heavy atom. The van der Waals surface area contributed by atoms with Crippen molar-refractivity contribution < 1.29 is 9.53 Å². The number of amides is 1. The fourth-order valence-electron chi connectivity index (χ4n) is 2.13. The Balaban J connectivity index is 1.82. The predicted octanol–water partition coefficient (Wildman–Crippen LogP) is 3.71. The minimum absolute atomic E-state index is 0.138. The van der Waals surface area contributed by atoms with Crippen LogP contribution in [0.25, 0.3) is 0 Å². The van der Waals surface area contributed by atoms with E-state index in [4.69, 9.17) is 16.3 Å². The fraction of sp³-hybridized carbons (Fsp3) is 0.235. The van der Waals surface area contributed by atoms with Crippen LogP contribution in [0.4, 0.5) is 0 Å². The third-order valence-electron chi connectivity index (χ3n) is 3.22. The smallest absolute Gasteiger partial charge is 0.252 e. The van der Waals surface area contributed by atoms with Gasteiger partial charge in [-0.15, -0.1) is 0 Å². The SMILES string of the molecule is COc1ccccc1CCCNC(=O)c1ccccc1Cl. The van der Waals surface area contributed by atoms with E-state index in [0.29, 0.717) is 17.1 Å². The maximum atomic E-state index is 12.0. The van der Waals surface area contributed by atoms with Crippen LogP contribution in [0.5, 0.6) is 5.75 Å². The van der Waals surface area contributed by atoms with Crippen LogP contribution >= 0.6 is 11.6 Å². The Morgan fingerprint density at radius 1 is 1.14 bits per heavy atom. The number of hydrogen-bond donors (Lipinski definition) is 1. The van der Waals surface area contributed by atoms with Crippen molar-refractivity contribution in [1.29, 1.82) is 0 Å². The zero-order valence-electron chi connectivity index (χ0n) is 11.9. The number of benzene rings is 2. The molecule has 1 amide bonds. The summed E-state index contributed by atoms with van der Waals surface area (Å²) in [5.41, 5.74) is 1.66. The Morgan fingerprint density at radius 3 is 2.62 bits per heavy atom. The number of hydrogen-bond acceptors (Lipinski definition) is 2. The van der Waals surface area contributed by atoms with Gasteiger partial charge < -0.3 is 10.1 Å². The Hall–Kier alpha value is -2.00. The molecule has 0 heterocycles. The number of halogens is 1. The Labute approximate surface area is 129 Å². The highest BCUT2D eigenvalue weighted by Gasteiger charge is 2.08. The van der Waals surface area contributed by atoms with E-state index in [-0.39, 0.29) is 5.91 Å². The lowest BCUT2D eigenvalue weighted by molar-refractivity contribution is 0.0953. The molecule has 21 heavy (non-hydrogen) atoms. The van der Waals surface area contributed by atoms with Crippen molar-refractivity contribution in [2.45, 2.75) is 12.8 Å². The van der Waals surface area contributed by atoms with Gasteiger partial charge in [-0.25, -0.2) is 0 Å². The van der Waals surface area contributed by atoms with Gasteiger partial charge in [-0.05, 0) is 36.6 Å². The summed E-state index contributed by atoms with van der Waals surface area (Å²) in [5, 5.41) is 3.36. The van der Waals surface area contributed by atoms with Gasteiger partial charge in [0.1, 0.15) is 5.75 Å². The number of aryl methyl sites for hydroxylation is 1. The monoisotopic (exact) mass is 303 g/mol. The van der Waals surface area contributed by atoms with Crippen molar-refractivity contribution >= 4 is 17.5 Å². The highest BCUT2D eigenvalue weighted by Crippen LogP contribution is 2.18. The summed E-state index contributed by atoms with van der Waals surface area (Å²) in [6.07, 6.45) is 1.70. The molecule has 0 saturated carbocycles. The van der Waals surface area contributed by atoms with Crippen molar-refractivity contribution in [3.05, 3.63) is 64.7 Å². The number of para-hydroxylation sites is 1. The van der Waals surface area contributed by atoms with Gasteiger partial charge in [-0.1, -0.05) is 41.9 Å². The van der Waals surface area contributed by atoms with Gasteiger partial charge in [0.05, 0.1) is 17.7 Å².